The lowest BCUT2D eigenvalue weighted by atomic mass is 10.1. The molecule has 0 radical (unpaired) electrons. The van der Waals surface area contributed by atoms with Crippen LogP contribution < -0.4 is 18.9 Å². The van der Waals surface area contributed by atoms with Crippen molar-refractivity contribution in [1.29, 1.82) is 0 Å². The Bertz CT molecular complexity index is 5110. The van der Waals surface area contributed by atoms with E-state index >= 15 is 0 Å². The second kappa shape index (κ2) is 36.5. The summed E-state index contributed by atoms with van der Waals surface area (Å²) in [5, 5.41) is 1.38. The molecule has 12 heterocycles. The van der Waals surface area contributed by atoms with Gasteiger partial charge in [0.25, 0.3) is 5.92 Å². The molecule has 0 atom stereocenters. The number of ketones is 4. The van der Waals surface area contributed by atoms with Crippen LogP contribution in [0.15, 0.2) is 189 Å². The number of aryl methyl sites for hydroxylation is 8. The lowest BCUT2D eigenvalue weighted by Gasteiger charge is -2.10. The number of hydrogen-bond donors (Lipinski definition) is 0. The van der Waals surface area contributed by atoms with E-state index in [-0.39, 0.29) is 71.5 Å². The Labute approximate surface area is 618 Å². The highest BCUT2D eigenvalue weighted by Crippen LogP contribution is 2.31. The highest BCUT2D eigenvalue weighted by molar-refractivity contribution is 6.31. The van der Waals surface area contributed by atoms with Gasteiger partial charge in [-0.2, -0.15) is 0 Å². The first kappa shape index (κ1) is 77.5. The Morgan fingerprint density at radius 1 is 0.371 bits per heavy atom. The van der Waals surface area contributed by atoms with Crippen LogP contribution in [0, 0.1) is 54.3 Å². The predicted molar refractivity (Wildman–Crippen MR) is 390 cm³/mol. The molecule has 534 valence electrons. The van der Waals surface area contributed by atoms with Gasteiger partial charge in [-0.15, -0.1) is 0 Å². The van der Waals surface area contributed by atoms with E-state index in [0.29, 0.717) is 101 Å². The standard InChI is InChI=1S/C20H16ClF2N3O2.2C20H18ClN3O2.C19H16FN3O2/c1-12-5-16(28-17-6-14(21)10-24-11-17)8-18(26-12)19(27)7-15-4-3-13(9-25-15)20(2,22)23;1-12-4-5-16(24-14(12)3)8-20(25)19-9-17(6-13(2)23-19)26-18-7-15(21)10-22-11-18;1-3-15-5-4-6-16(24-15)9-20(25)19-10-17(7-13(2)23-19)26-18-8-14(21)11-22-12-18;1-12-4-3-5-15(22-12)8-19(24)18-9-16(6-13(2)23-18)25-17-7-14(20)10-21-11-17/h3-6,8-11H,7H2,1-2H3;4-7,9-11H,8H2,1-3H3;4-8,10-12H,3,9H2,1-2H3;3-7,9-11H,8H2,1-2H3. The van der Waals surface area contributed by atoms with Gasteiger partial charge in [-0.1, -0.05) is 59.9 Å². The number of pyridine rings is 12. The largest absolute Gasteiger partial charge is 0.456 e. The van der Waals surface area contributed by atoms with Crippen molar-refractivity contribution in [2.75, 3.05) is 0 Å². The Kier molecular flexibility index (Phi) is 26.9. The number of nitrogens with zero attached hydrogens (tertiary/aromatic N) is 12. The van der Waals surface area contributed by atoms with Gasteiger partial charge in [0, 0.05) is 173 Å². The van der Waals surface area contributed by atoms with Crippen molar-refractivity contribution < 1.29 is 51.3 Å². The van der Waals surface area contributed by atoms with Gasteiger partial charge in [0.05, 0.1) is 71.7 Å². The summed E-state index contributed by atoms with van der Waals surface area (Å²) in [7, 11) is 0. The van der Waals surface area contributed by atoms with Crippen LogP contribution in [0.5, 0.6) is 46.0 Å². The summed E-state index contributed by atoms with van der Waals surface area (Å²) in [5.74, 6) is -0.644. The van der Waals surface area contributed by atoms with Crippen molar-refractivity contribution in [3.63, 3.8) is 0 Å². The molecule has 0 amide bonds. The van der Waals surface area contributed by atoms with E-state index in [9.17, 15) is 32.3 Å². The normalized spacial score (nSPS) is 10.8. The number of aromatic nitrogens is 12. The number of carbonyl (C=O) groups is 4. The van der Waals surface area contributed by atoms with Gasteiger partial charge in [-0.25, -0.2) is 33.1 Å². The van der Waals surface area contributed by atoms with Crippen LogP contribution in [0.2, 0.25) is 15.1 Å². The maximum Gasteiger partial charge on any atom is 0.272 e. The van der Waals surface area contributed by atoms with Crippen LogP contribution in [0.4, 0.5) is 13.2 Å². The molecule has 0 bridgehead atoms. The van der Waals surface area contributed by atoms with Gasteiger partial charge < -0.3 is 18.9 Å². The molecule has 12 rings (SSSR count). The monoisotopic (exact) mass is 1470 g/mol. The number of halogens is 6. The minimum atomic E-state index is -2.98. The van der Waals surface area contributed by atoms with E-state index in [2.05, 4.69) is 59.8 Å². The molecular weight excluding hydrogens is 1410 g/mol. The highest BCUT2D eigenvalue weighted by atomic mass is 35.5. The molecule has 12 aromatic rings. The van der Waals surface area contributed by atoms with Crippen molar-refractivity contribution in [3.8, 4) is 46.0 Å². The zero-order valence-corrected chi connectivity index (χ0v) is 60.6. The van der Waals surface area contributed by atoms with Crippen molar-refractivity contribution in [3.05, 3.63) is 307 Å². The molecule has 0 aromatic carbocycles. The summed E-state index contributed by atoms with van der Waals surface area (Å²) in [4.78, 5) is 100. The molecule has 0 saturated heterocycles. The Balaban J connectivity index is 0.000000162. The van der Waals surface area contributed by atoms with Crippen LogP contribution in [0.25, 0.3) is 0 Å². The molecule has 0 saturated carbocycles. The number of rotatable bonds is 22. The number of ether oxygens (including phenoxy) is 4. The van der Waals surface area contributed by atoms with Crippen LogP contribution in [0.1, 0.15) is 130 Å². The maximum absolute atomic E-state index is 13.3. The van der Waals surface area contributed by atoms with E-state index in [0.717, 1.165) is 59.8 Å². The third-order valence-electron chi connectivity index (χ3n) is 14.8. The fourth-order valence-corrected chi connectivity index (χ4v) is 10.3. The lowest BCUT2D eigenvalue weighted by Crippen LogP contribution is -2.11. The van der Waals surface area contributed by atoms with E-state index in [1.165, 1.54) is 61.3 Å². The van der Waals surface area contributed by atoms with Gasteiger partial charge in [0.2, 0.25) is 0 Å². The van der Waals surface area contributed by atoms with Crippen molar-refractivity contribution in [1.82, 2.24) is 59.8 Å². The zero-order valence-electron chi connectivity index (χ0n) is 58.3. The number of hydrogen-bond acceptors (Lipinski definition) is 20. The number of carbonyl (C=O) groups excluding carboxylic acids is 4. The smallest absolute Gasteiger partial charge is 0.272 e. The average Bonchev–Trinajstić information content (AvgIpc) is 0.844. The summed E-state index contributed by atoms with van der Waals surface area (Å²) in [6.07, 6.45) is 14.0. The van der Waals surface area contributed by atoms with Gasteiger partial charge in [0.1, 0.15) is 74.6 Å². The molecular formula is C79H68Cl3F3N12O8. The molecule has 0 aliphatic rings. The molecule has 0 fully saturated rings. The van der Waals surface area contributed by atoms with Crippen LogP contribution in [-0.2, 0) is 38.0 Å². The minimum Gasteiger partial charge on any atom is -0.456 e. The zero-order chi connectivity index (χ0) is 75.3. The van der Waals surface area contributed by atoms with Crippen LogP contribution in [0.3, 0.4) is 0 Å². The molecule has 0 N–H and O–H groups in total. The van der Waals surface area contributed by atoms with Crippen molar-refractivity contribution in [2.45, 2.75) is 100 Å². The maximum atomic E-state index is 13.3. The first-order valence-electron chi connectivity index (χ1n) is 32.5. The SMILES string of the molecule is CCc1cccc(CC(=O)c2cc(Oc3cncc(Cl)c3)cc(C)n2)n1.Cc1cc(Oc2cncc(Cl)c2)cc(C(=O)Cc2ccc(C(C)(F)F)cn2)n1.Cc1cc(Oc2cncc(Cl)c2)cc(C(=O)Cc2ccc(C)c(C)n2)n1.Cc1cccc(CC(=O)c2cc(Oc3cncc(F)c3)cc(C)n2)n1. The quantitative estimate of drug-likeness (QED) is 0.0571. The van der Waals surface area contributed by atoms with E-state index in [1.807, 2.05) is 84.0 Å². The van der Waals surface area contributed by atoms with Gasteiger partial charge in [0.15, 0.2) is 23.1 Å². The van der Waals surface area contributed by atoms with E-state index in [4.69, 9.17) is 53.8 Å². The Morgan fingerprint density at radius 3 is 1.10 bits per heavy atom. The topological polar surface area (TPSA) is 260 Å². The summed E-state index contributed by atoms with van der Waals surface area (Å²) in [6.45, 7) is 15.7. The van der Waals surface area contributed by atoms with E-state index in [1.54, 1.807) is 86.9 Å². The first-order valence-corrected chi connectivity index (χ1v) is 33.6. The second-order valence-electron chi connectivity index (χ2n) is 23.9. The van der Waals surface area contributed by atoms with Crippen molar-refractivity contribution in [2.24, 2.45) is 0 Å². The molecule has 0 aliphatic heterocycles. The fraction of sp³-hybridized carbons (Fsp3) is 0.190. The number of alkyl halides is 2. The molecule has 105 heavy (non-hydrogen) atoms. The van der Waals surface area contributed by atoms with Gasteiger partial charge in [-0.3, -0.25) is 59.0 Å². The van der Waals surface area contributed by atoms with Gasteiger partial charge >= 0.3 is 0 Å². The van der Waals surface area contributed by atoms with Gasteiger partial charge in [-0.05, 0) is 103 Å². The molecule has 0 aliphatic carbocycles. The fourth-order valence-electron chi connectivity index (χ4n) is 9.80. The summed E-state index contributed by atoms with van der Waals surface area (Å²) < 4.78 is 62.6. The highest BCUT2D eigenvalue weighted by Gasteiger charge is 2.25. The molecule has 20 nitrogen and oxygen atoms in total. The first-order chi connectivity index (χ1) is 50.1. The lowest BCUT2D eigenvalue weighted by molar-refractivity contribution is 0.0170. The molecule has 26 heteroatoms. The predicted octanol–water partition coefficient (Wildman–Crippen LogP) is 18.3. The molecule has 0 spiro atoms. The second-order valence-corrected chi connectivity index (χ2v) is 25.2. The number of Topliss-reactive ketones (excluding diaryl/α,β-unsaturated/α-hetero) is 4. The van der Waals surface area contributed by atoms with Crippen molar-refractivity contribution >= 4 is 57.9 Å². The van der Waals surface area contributed by atoms with E-state index < -0.39 is 11.7 Å². The third-order valence-corrected chi connectivity index (χ3v) is 15.4. The average molecular weight is 1480 g/mol. The Hall–Kier alpha value is -11.7. The molecule has 12 aromatic heterocycles. The summed E-state index contributed by atoms with van der Waals surface area (Å²) >= 11 is 17.7. The molecule has 0 unspecified atom stereocenters. The summed E-state index contributed by atoms with van der Waals surface area (Å²) in [5.41, 5.74) is 9.91. The minimum absolute atomic E-state index is 0.0653. The van der Waals surface area contributed by atoms with Crippen LogP contribution in [-0.4, -0.2) is 82.9 Å². The Morgan fingerprint density at radius 2 is 0.733 bits per heavy atom. The van der Waals surface area contributed by atoms with Crippen LogP contribution >= 0.6 is 34.8 Å². The third kappa shape index (κ3) is 24.5. The summed E-state index contributed by atoms with van der Waals surface area (Å²) in [6, 6.07) is 37.0.